The second-order valence-corrected chi connectivity index (χ2v) is 2.45. The Balaban J connectivity index is 3.13. The van der Waals surface area contributed by atoms with Crippen molar-refractivity contribution >= 4 is 5.69 Å². The zero-order chi connectivity index (χ0) is 10.1. The Morgan fingerprint density at radius 3 is 2.31 bits per heavy atom. The third-order valence-electron chi connectivity index (χ3n) is 1.56. The van der Waals surface area contributed by atoms with Crippen LogP contribution in [0.1, 0.15) is 5.56 Å². The van der Waals surface area contributed by atoms with Crippen molar-refractivity contribution in [1.29, 1.82) is 0 Å². The molecular formula is C8H8F3NO. The summed E-state index contributed by atoms with van der Waals surface area (Å²) in [5.41, 5.74) is 4.02. The van der Waals surface area contributed by atoms with Crippen molar-refractivity contribution in [3.63, 3.8) is 0 Å². The fourth-order valence-corrected chi connectivity index (χ4v) is 0.926. The molecule has 0 saturated heterocycles. The Bertz CT molecular complexity index is 309. The molecule has 0 bridgehead atoms. The number of ether oxygens (including phenoxy) is 1. The molecule has 1 aromatic rings. The molecule has 0 spiro atoms. The van der Waals surface area contributed by atoms with Crippen molar-refractivity contribution in [1.82, 2.24) is 0 Å². The summed E-state index contributed by atoms with van der Waals surface area (Å²) in [4.78, 5) is 0. The van der Waals surface area contributed by atoms with Gasteiger partial charge in [-0.05, 0) is 12.1 Å². The highest BCUT2D eigenvalue weighted by Gasteiger charge is 2.32. The van der Waals surface area contributed by atoms with Crippen LogP contribution >= 0.6 is 0 Å². The minimum atomic E-state index is -4.41. The quantitative estimate of drug-likeness (QED) is 0.691. The summed E-state index contributed by atoms with van der Waals surface area (Å²) in [5.74, 6) is 0.311. The largest absolute Gasteiger partial charge is 0.497 e. The minimum Gasteiger partial charge on any atom is -0.497 e. The van der Waals surface area contributed by atoms with Gasteiger partial charge in [0.1, 0.15) is 5.75 Å². The van der Waals surface area contributed by atoms with Gasteiger partial charge >= 0.3 is 6.18 Å². The molecule has 0 fully saturated rings. The fraction of sp³-hybridized carbons (Fsp3) is 0.250. The Morgan fingerprint density at radius 1 is 1.31 bits per heavy atom. The highest BCUT2D eigenvalue weighted by atomic mass is 19.4. The van der Waals surface area contributed by atoms with Gasteiger partial charge in [-0.1, -0.05) is 0 Å². The molecule has 1 rings (SSSR count). The van der Waals surface area contributed by atoms with E-state index in [1.165, 1.54) is 13.2 Å². The van der Waals surface area contributed by atoms with Gasteiger partial charge in [-0.3, -0.25) is 0 Å². The Kier molecular flexibility index (Phi) is 2.36. The number of benzene rings is 1. The SMILES string of the molecule is COc1ccc(C(F)(F)F)c(N)c1. The molecule has 0 unspecified atom stereocenters. The number of nitrogens with two attached hydrogens (primary N) is 1. The molecule has 0 aliphatic carbocycles. The molecule has 13 heavy (non-hydrogen) atoms. The lowest BCUT2D eigenvalue weighted by Crippen LogP contribution is -2.08. The van der Waals surface area contributed by atoms with Crippen molar-refractivity contribution in [3.8, 4) is 5.75 Å². The molecule has 72 valence electrons. The number of halogens is 3. The molecule has 0 atom stereocenters. The number of nitrogen functional groups attached to an aromatic ring is 1. The highest BCUT2D eigenvalue weighted by molar-refractivity contribution is 5.52. The monoisotopic (exact) mass is 191 g/mol. The maximum absolute atomic E-state index is 12.2. The van der Waals surface area contributed by atoms with E-state index in [9.17, 15) is 13.2 Å². The van der Waals surface area contributed by atoms with Crippen molar-refractivity contribution in [2.45, 2.75) is 6.18 Å². The normalized spacial score (nSPS) is 11.4. The first kappa shape index (κ1) is 9.70. The van der Waals surface area contributed by atoms with Crippen LogP contribution < -0.4 is 10.5 Å². The summed E-state index contributed by atoms with van der Waals surface area (Å²) < 4.78 is 41.2. The summed E-state index contributed by atoms with van der Waals surface area (Å²) in [6.45, 7) is 0. The van der Waals surface area contributed by atoms with Crippen LogP contribution in [0.5, 0.6) is 5.75 Å². The third kappa shape index (κ3) is 2.05. The standard InChI is InChI=1S/C8H8F3NO/c1-13-5-2-3-6(7(12)4-5)8(9,10)11/h2-4H,12H2,1H3. The first-order chi connectivity index (χ1) is 5.95. The molecule has 2 nitrogen and oxygen atoms in total. The van der Waals surface area contributed by atoms with E-state index in [1.54, 1.807) is 0 Å². The number of hydrogen-bond acceptors (Lipinski definition) is 2. The van der Waals surface area contributed by atoms with Crippen LogP contribution in [-0.4, -0.2) is 7.11 Å². The zero-order valence-electron chi connectivity index (χ0n) is 6.85. The topological polar surface area (TPSA) is 35.2 Å². The summed E-state index contributed by atoms with van der Waals surface area (Å²) in [6.07, 6.45) is -4.41. The van der Waals surface area contributed by atoms with Crippen LogP contribution in [0, 0.1) is 0 Å². The number of anilines is 1. The maximum atomic E-state index is 12.2. The molecule has 0 aliphatic rings. The van der Waals surface area contributed by atoms with Gasteiger partial charge in [-0.15, -0.1) is 0 Å². The number of alkyl halides is 3. The predicted octanol–water partition coefficient (Wildman–Crippen LogP) is 2.30. The molecular weight excluding hydrogens is 183 g/mol. The third-order valence-corrected chi connectivity index (χ3v) is 1.56. The molecule has 0 aliphatic heterocycles. The van der Waals surface area contributed by atoms with E-state index in [2.05, 4.69) is 0 Å². The molecule has 0 aromatic heterocycles. The van der Waals surface area contributed by atoms with E-state index in [-0.39, 0.29) is 5.69 Å². The Labute approximate surface area is 73.1 Å². The first-order valence-corrected chi connectivity index (χ1v) is 3.46. The highest BCUT2D eigenvalue weighted by Crippen LogP contribution is 2.34. The van der Waals surface area contributed by atoms with E-state index in [4.69, 9.17) is 10.5 Å². The van der Waals surface area contributed by atoms with Crippen LogP contribution in [0.3, 0.4) is 0 Å². The average molecular weight is 191 g/mol. The van der Waals surface area contributed by atoms with Crippen LogP contribution in [0.2, 0.25) is 0 Å². The molecule has 0 heterocycles. The van der Waals surface area contributed by atoms with Gasteiger partial charge in [0.25, 0.3) is 0 Å². The van der Waals surface area contributed by atoms with E-state index >= 15 is 0 Å². The fourth-order valence-electron chi connectivity index (χ4n) is 0.926. The summed E-state index contributed by atoms with van der Waals surface area (Å²) in [5, 5.41) is 0. The average Bonchev–Trinajstić information content (AvgIpc) is 2.01. The van der Waals surface area contributed by atoms with Crippen LogP contribution in [-0.2, 0) is 6.18 Å². The zero-order valence-corrected chi connectivity index (χ0v) is 6.85. The molecule has 0 amide bonds. The number of rotatable bonds is 1. The molecule has 0 radical (unpaired) electrons. The van der Waals surface area contributed by atoms with Gasteiger partial charge in [0.2, 0.25) is 0 Å². The van der Waals surface area contributed by atoms with Crippen LogP contribution in [0.25, 0.3) is 0 Å². The first-order valence-electron chi connectivity index (χ1n) is 3.46. The summed E-state index contributed by atoms with van der Waals surface area (Å²) in [7, 11) is 1.36. The lowest BCUT2D eigenvalue weighted by molar-refractivity contribution is -0.136. The van der Waals surface area contributed by atoms with E-state index in [0.29, 0.717) is 5.75 Å². The van der Waals surface area contributed by atoms with Gasteiger partial charge in [-0.2, -0.15) is 13.2 Å². The van der Waals surface area contributed by atoms with Gasteiger partial charge in [0, 0.05) is 11.8 Å². The molecule has 2 N–H and O–H groups in total. The lowest BCUT2D eigenvalue weighted by Gasteiger charge is -2.10. The number of methoxy groups -OCH3 is 1. The predicted molar refractivity (Wildman–Crippen MR) is 42.4 cm³/mol. The van der Waals surface area contributed by atoms with E-state index < -0.39 is 11.7 Å². The Hall–Kier alpha value is -1.39. The molecule has 5 heteroatoms. The van der Waals surface area contributed by atoms with Crippen LogP contribution in [0.15, 0.2) is 18.2 Å². The molecule has 1 aromatic carbocycles. The van der Waals surface area contributed by atoms with Crippen molar-refractivity contribution in [2.24, 2.45) is 0 Å². The van der Waals surface area contributed by atoms with Crippen molar-refractivity contribution in [2.75, 3.05) is 12.8 Å². The van der Waals surface area contributed by atoms with E-state index in [0.717, 1.165) is 12.1 Å². The lowest BCUT2D eigenvalue weighted by atomic mass is 10.1. The smallest absolute Gasteiger partial charge is 0.418 e. The van der Waals surface area contributed by atoms with E-state index in [1.807, 2.05) is 0 Å². The van der Waals surface area contributed by atoms with Gasteiger partial charge in [-0.25, -0.2) is 0 Å². The van der Waals surface area contributed by atoms with Gasteiger partial charge in [0.05, 0.1) is 12.7 Å². The summed E-state index contributed by atoms with van der Waals surface area (Å²) in [6, 6.07) is 3.26. The van der Waals surface area contributed by atoms with Crippen molar-refractivity contribution in [3.05, 3.63) is 23.8 Å². The minimum absolute atomic E-state index is 0.311. The Morgan fingerprint density at radius 2 is 1.92 bits per heavy atom. The second-order valence-electron chi connectivity index (χ2n) is 2.45. The molecule has 0 saturated carbocycles. The number of hydrogen-bond donors (Lipinski definition) is 1. The second kappa shape index (κ2) is 3.16. The summed E-state index contributed by atoms with van der Waals surface area (Å²) >= 11 is 0. The van der Waals surface area contributed by atoms with Gasteiger partial charge in [0.15, 0.2) is 0 Å². The van der Waals surface area contributed by atoms with Crippen molar-refractivity contribution < 1.29 is 17.9 Å². The maximum Gasteiger partial charge on any atom is 0.418 e. The van der Waals surface area contributed by atoms with Gasteiger partial charge < -0.3 is 10.5 Å². The van der Waals surface area contributed by atoms with Crippen LogP contribution in [0.4, 0.5) is 18.9 Å².